The van der Waals surface area contributed by atoms with Crippen LogP contribution in [0.1, 0.15) is 49.0 Å². The Balaban J connectivity index is 1.78. The number of esters is 1. The zero-order valence-corrected chi connectivity index (χ0v) is 16.0. The first kappa shape index (κ1) is 20.5. The molecule has 0 bridgehead atoms. The van der Waals surface area contributed by atoms with Crippen molar-refractivity contribution in [3.8, 4) is 5.75 Å². The first-order valence-corrected chi connectivity index (χ1v) is 9.41. The fraction of sp³-hybridized carbons (Fsp3) is 0.364. The van der Waals surface area contributed by atoms with Crippen LogP contribution in [-0.2, 0) is 16.0 Å². The van der Waals surface area contributed by atoms with Gasteiger partial charge in [0.05, 0.1) is 12.2 Å². The monoisotopic (exact) mass is 369 g/mol. The van der Waals surface area contributed by atoms with Crippen LogP contribution in [-0.4, -0.2) is 25.1 Å². The largest absolute Gasteiger partial charge is 0.484 e. The zero-order chi connectivity index (χ0) is 19.5. The van der Waals surface area contributed by atoms with E-state index in [0.29, 0.717) is 23.6 Å². The molecule has 0 aliphatic rings. The average molecular weight is 369 g/mol. The molecule has 2 rings (SSSR count). The number of aryl methyl sites for hydroxylation is 1. The van der Waals surface area contributed by atoms with E-state index in [4.69, 9.17) is 9.47 Å². The third kappa shape index (κ3) is 7.13. The normalized spacial score (nSPS) is 10.3. The number of carbonyl (C=O) groups excluding carboxylic acids is 2. The number of hydrogen-bond donors (Lipinski definition) is 1. The molecule has 0 fully saturated rings. The van der Waals surface area contributed by atoms with Gasteiger partial charge in [-0.3, -0.25) is 4.79 Å². The highest BCUT2D eigenvalue weighted by Crippen LogP contribution is 2.14. The molecule has 0 saturated heterocycles. The van der Waals surface area contributed by atoms with Crippen LogP contribution in [0.25, 0.3) is 0 Å². The predicted octanol–water partition coefficient (Wildman–Crippen LogP) is 4.61. The minimum Gasteiger partial charge on any atom is -0.484 e. The number of carbonyl (C=O) groups is 2. The summed E-state index contributed by atoms with van der Waals surface area (Å²) in [4.78, 5) is 23.9. The molecule has 144 valence electrons. The van der Waals surface area contributed by atoms with Gasteiger partial charge in [0.15, 0.2) is 6.61 Å². The lowest BCUT2D eigenvalue weighted by molar-refractivity contribution is -0.118. The van der Waals surface area contributed by atoms with Crippen molar-refractivity contribution in [1.29, 1.82) is 0 Å². The Morgan fingerprint density at radius 2 is 1.63 bits per heavy atom. The summed E-state index contributed by atoms with van der Waals surface area (Å²) in [5.74, 6) is 0.0530. The number of amides is 1. The molecule has 2 aromatic rings. The van der Waals surface area contributed by atoms with Crippen molar-refractivity contribution >= 4 is 17.6 Å². The van der Waals surface area contributed by atoms with Crippen LogP contribution in [0.5, 0.6) is 5.75 Å². The van der Waals surface area contributed by atoms with E-state index < -0.39 is 0 Å². The van der Waals surface area contributed by atoms with Crippen molar-refractivity contribution < 1.29 is 19.1 Å². The summed E-state index contributed by atoms with van der Waals surface area (Å²) >= 11 is 0. The second kappa shape index (κ2) is 11.0. The van der Waals surface area contributed by atoms with E-state index in [-0.39, 0.29) is 18.5 Å². The smallest absolute Gasteiger partial charge is 0.338 e. The van der Waals surface area contributed by atoms with Gasteiger partial charge in [-0.15, -0.1) is 0 Å². The summed E-state index contributed by atoms with van der Waals surface area (Å²) in [6, 6.07) is 14.4. The Morgan fingerprint density at radius 3 is 2.26 bits per heavy atom. The molecular weight excluding hydrogens is 342 g/mol. The number of ether oxygens (including phenoxy) is 2. The molecule has 5 nitrogen and oxygen atoms in total. The highest BCUT2D eigenvalue weighted by molar-refractivity contribution is 5.93. The molecule has 0 aliphatic heterocycles. The predicted molar refractivity (Wildman–Crippen MR) is 106 cm³/mol. The third-order valence-corrected chi connectivity index (χ3v) is 3.97. The van der Waals surface area contributed by atoms with Crippen LogP contribution in [0.15, 0.2) is 48.5 Å². The topological polar surface area (TPSA) is 64.6 Å². The van der Waals surface area contributed by atoms with Gasteiger partial charge in [-0.05, 0) is 54.8 Å². The van der Waals surface area contributed by atoms with Crippen molar-refractivity contribution in [2.24, 2.45) is 0 Å². The van der Waals surface area contributed by atoms with Crippen LogP contribution >= 0.6 is 0 Å². The Kier molecular flexibility index (Phi) is 8.36. The van der Waals surface area contributed by atoms with Crippen molar-refractivity contribution in [3.63, 3.8) is 0 Å². The summed E-state index contributed by atoms with van der Waals surface area (Å²) in [6.07, 6.45) is 3.95. The Bertz CT molecular complexity index is 723. The molecule has 0 unspecified atom stereocenters. The summed E-state index contributed by atoms with van der Waals surface area (Å²) in [6.45, 7) is 4.52. The molecule has 0 atom stereocenters. The number of unbranched alkanes of at least 4 members (excludes halogenated alkanes) is 1. The first-order valence-electron chi connectivity index (χ1n) is 9.41. The van der Waals surface area contributed by atoms with Gasteiger partial charge in [0, 0.05) is 5.69 Å². The number of rotatable bonds is 10. The van der Waals surface area contributed by atoms with E-state index in [1.54, 1.807) is 24.3 Å². The van der Waals surface area contributed by atoms with Crippen molar-refractivity contribution in [3.05, 3.63) is 59.7 Å². The zero-order valence-electron chi connectivity index (χ0n) is 16.0. The third-order valence-electron chi connectivity index (χ3n) is 3.97. The summed E-state index contributed by atoms with van der Waals surface area (Å²) in [5.41, 5.74) is 2.32. The van der Waals surface area contributed by atoms with Gasteiger partial charge in [-0.2, -0.15) is 0 Å². The van der Waals surface area contributed by atoms with Gasteiger partial charge >= 0.3 is 5.97 Å². The molecule has 1 N–H and O–H groups in total. The van der Waals surface area contributed by atoms with Gasteiger partial charge in [0.25, 0.3) is 5.91 Å². The maximum absolute atomic E-state index is 12.0. The molecule has 0 heterocycles. The maximum Gasteiger partial charge on any atom is 0.338 e. The lowest BCUT2D eigenvalue weighted by Crippen LogP contribution is -2.20. The van der Waals surface area contributed by atoms with Gasteiger partial charge in [-0.1, -0.05) is 38.8 Å². The van der Waals surface area contributed by atoms with Crippen LogP contribution in [0, 0.1) is 0 Å². The fourth-order valence-electron chi connectivity index (χ4n) is 2.47. The van der Waals surface area contributed by atoms with E-state index >= 15 is 0 Å². The summed E-state index contributed by atoms with van der Waals surface area (Å²) in [5, 5.41) is 2.75. The highest BCUT2D eigenvalue weighted by Gasteiger charge is 2.08. The quantitative estimate of drug-likeness (QED) is 0.490. The SMILES string of the molecule is CCCCOC(=O)c1ccc(NC(=O)COc2ccc(CCC)cc2)cc1. The van der Waals surface area contributed by atoms with Gasteiger partial charge in [0.2, 0.25) is 0 Å². The van der Waals surface area contributed by atoms with Crippen LogP contribution < -0.4 is 10.1 Å². The summed E-state index contributed by atoms with van der Waals surface area (Å²) in [7, 11) is 0. The average Bonchev–Trinajstić information content (AvgIpc) is 2.68. The van der Waals surface area contributed by atoms with Crippen LogP contribution in [0.4, 0.5) is 5.69 Å². The minimum absolute atomic E-state index is 0.0755. The van der Waals surface area contributed by atoms with Crippen molar-refractivity contribution in [2.45, 2.75) is 39.5 Å². The lowest BCUT2D eigenvalue weighted by Gasteiger charge is -2.09. The second-order valence-electron chi connectivity index (χ2n) is 6.30. The lowest BCUT2D eigenvalue weighted by atomic mass is 10.1. The Morgan fingerprint density at radius 1 is 0.926 bits per heavy atom. The molecular formula is C22H27NO4. The molecule has 0 spiro atoms. The van der Waals surface area contributed by atoms with Gasteiger partial charge in [-0.25, -0.2) is 4.79 Å². The van der Waals surface area contributed by atoms with E-state index in [9.17, 15) is 9.59 Å². The maximum atomic E-state index is 12.0. The molecule has 2 aromatic carbocycles. The number of benzene rings is 2. The number of anilines is 1. The van der Waals surface area contributed by atoms with Gasteiger partial charge in [0.1, 0.15) is 5.75 Å². The number of nitrogens with one attached hydrogen (secondary N) is 1. The minimum atomic E-state index is -0.351. The summed E-state index contributed by atoms with van der Waals surface area (Å²) < 4.78 is 10.7. The Labute approximate surface area is 160 Å². The molecule has 27 heavy (non-hydrogen) atoms. The Hall–Kier alpha value is -2.82. The van der Waals surface area contributed by atoms with E-state index in [1.165, 1.54) is 5.56 Å². The molecule has 0 aromatic heterocycles. The van der Waals surface area contributed by atoms with E-state index in [1.807, 2.05) is 31.2 Å². The van der Waals surface area contributed by atoms with Crippen molar-refractivity contribution in [2.75, 3.05) is 18.5 Å². The van der Waals surface area contributed by atoms with E-state index in [2.05, 4.69) is 12.2 Å². The number of hydrogen-bond acceptors (Lipinski definition) is 4. The molecule has 0 radical (unpaired) electrons. The molecule has 5 heteroatoms. The first-order chi connectivity index (χ1) is 13.1. The second-order valence-corrected chi connectivity index (χ2v) is 6.30. The van der Waals surface area contributed by atoms with Crippen LogP contribution in [0.3, 0.4) is 0 Å². The van der Waals surface area contributed by atoms with E-state index in [0.717, 1.165) is 25.7 Å². The molecule has 0 saturated carbocycles. The van der Waals surface area contributed by atoms with Gasteiger partial charge < -0.3 is 14.8 Å². The standard InChI is InChI=1S/C22H27NO4/c1-3-5-15-26-22(25)18-9-11-19(12-10-18)23-21(24)16-27-20-13-7-17(6-4-2)8-14-20/h7-14H,3-6,15-16H2,1-2H3,(H,23,24). The molecule has 0 aliphatic carbocycles. The fourth-order valence-corrected chi connectivity index (χ4v) is 2.47. The molecule has 1 amide bonds. The van der Waals surface area contributed by atoms with Crippen LogP contribution in [0.2, 0.25) is 0 Å². The van der Waals surface area contributed by atoms with Crippen molar-refractivity contribution in [1.82, 2.24) is 0 Å². The highest BCUT2D eigenvalue weighted by atomic mass is 16.5.